The molecule has 1 heterocycles. The quantitative estimate of drug-likeness (QED) is 0.789. The molecule has 0 spiro atoms. The number of anilines is 2. The predicted octanol–water partition coefficient (Wildman–Crippen LogP) is 3.37. The van der Waals surface area contributed by atoms with E-state index in [9.17, 15) is 4.79 Å². The molecule has 114 valence electrons. The van der Waals surface area contributed by atoms with Gasteiger partial charge in [0.15, 0.2) is 0 Å². The Bertz CT molecular complexity index is 799. The zero-order valence-electron chi connectivity index (χ0n) is 13.2. The number of nitrogens with zero attached hydrogens (tertiary/aromatic N) is 2. The van der Waals surface area contributed by atoms with E-state index in [0.29, 0.717) is 0 Å². The van der Waals surface area contributed by atoms with Crippen molar-refractivity contribution >= 4 is 40.6 Å². The molecule has 0 saturated carbocycles. The maximum Gasteiger partial charge on any atom is 0.263 e. The summed E-state index contributed by atoms with van der Waals surface area (Å²) in [6.07, 6.45) is -2.09. The minimum Gasteiger partial charge on any atom is -0.378 e. The Balaban J connectivity index is 2.14. The van der Waals surface area contributed by atoms with Gasteiger partial charge in [-0.15, -0.1) is 0 Å². The fourth-order valence-corrected chi connectivity index (χ4v) is 5.94. The molecule has 0 radical (unpaired) electrons. The summed E-state index contributed by atoms with van der Waals surface area (Å²) in [5, 5.41) is 1.01. The minimum absolute atomic E-state index is 0.0217. The van der Waals surface area contributed by atoms with Gasteiger partial charge in [0.2, 0.25) is 0 Å². The zero-order chi connectivity index (χ0) is 16.1. The van der Waals surface area contributed by atoms with E-state index >= 15 is 0 Å². The SMILES string of the molecule is Cc1ccc(N2C(=O)c3cc(N(C)C)ccc3P2(C)=S)cc1. The van der Waals surface area contributed by atoms with Crippen LogP contribution in [0.5, 0.6) is 0 Å². The smallest absolute Gasteiger partial charge is 0.263 e. The van der Waals surface area contributed by atoms with Crippen molar-refractivity contribution in [3.8, 4) is 0 Å². The Morgan fingerprint density at radius 3 is 2.32 bits per heavy atom. The first-order valence-electron chi connectivity index (χ1n) is 7.13. The number of hydrogen-bond acceptors (Lipinski definition) is 3. The molecular formula is C17H19N2OPS. The van der Waals surface area contributed by atoms with Crippen molar-refractivity contribution in [1.29, 1.82) is 0 Å². The number of rotatable bonds is 2. The third-order valence-corrected chi connectivity index (χ3v) is 7.57. The summed E-state index contributed by atoms with van der Waals surface area (Å²) in [7, 11) is 3.95. The second-order valence-corrected chi connectivity index (χ2v) is 10.7. The summed E-state index contributed by atoms with van der Waals surface area (Å²) in [6, 6.07) is 14.0. The van der Waals surface area contributed by atoms with Crippen molar-refractivity contribution in [3.63, 3.8) is 0 Å². The van der Waals surface area contributed by atoms with Gasteiger partial charge in [-0.05, 0) is 43.9 Å². The molecule has 0 bridgehead atoms. The van der Waals surface area contributed by atoms with Gasteiger partial charge in [-0.1, -0.05) is 29.5 Å². The average Bonchev–Trinajstić information content (AvgIpc) is 2.67. The van der Waals surface area contributed by atoms with Gasteiger partial charge in [-0.25, -0.2) is 0 Å². The third-order valence-electron chi connectivity index (χ3n) is 4.03. The number of aryl methyl sites for hydroxylation is 1. The van der Waals surface area contributed by atoms with E-state index < -0.39 is 6.19 Å². The molecule has 1 amide bonds. The molecule has 3 nitrogen and oxygen atoms in total. The van der Waals surface area contributed by atoms with Crippen molar-refractivity contribution in [2.75, 3.05) is 30.3 Å². The number of carbonyl (C=O) groups excluding carboxylic acids is 1. The van der Waals surface area contributed by atoms with Gasteiger partial charge in [-0.3, -0.25) is 9.46 Å². The molecule has 2 aromatic rings. The van der Waals surface area contributed by atoms with Crippen molar-refractivity contribution in [2.45, 2.75) is 6.92 Å². The van der Waals surface area contributed by atoms with Crippen LogP contribution in [0.2, 0.25) is 0 Å². The zero-order valence-corrected chi connectivity index (χ0v) is 14.9. The number of amides is 1. The minimum atomic E-state index is -2.09. The first-order chi connectivity index (χ1) is 10.3. The largest absolute Gasteiger partial charge is 0.378 e. The van der Waals surface area contributed by atoms with Crippen LogP contribution < -0.4 is 14.9 Å². The number of hydrogen-bond donors (Lipinski definition) is 0. The van der Waals surface area contributed by atoms with Crippen LogP contribution in [-0.2, 0) is 11.8 Å². The number of benzene rings is 2. The number of fused-ring (bicyclic) bond motifs is 1. The lowest BCUT2D eigenvalue weighted by Gasteiger charge is -2.25. The van der Waals surface area contributed by atoms with E-state index in [4.69, 9.17) is 11.8 Å². The Morgan fingerprint density at radius 2 is 1.73 bits per heavy atom. The van der Waals surface area contributed by atoms with Crippen LogP contribution >= 0.6 is 6.19 Å². The summed E-state index contributed by atoms with van der Waals surface area (Å²) in [5.41, 5.74) is 3.83. The second-order valence-electron chi connectivity index (χ2n) is 5.93. The summed E-state index contributed by atoms with van der Waals surface area (Å²) in [6.45, 7) is 4.07. The maximum absolute atomic E-state index is 12.9. The lowest BCUT2D eigenvalue weighted by Crippen LogP contribution is -2.21. The summed E-state index contributed by atoms with van der Waals surface area (Å²) in [5.74, 6) is 0.0217. The van der Waals surface area contributed by atoms with Gasteiger partial charge < -0.3 is 4.90 Å². The van der Waals surface area contributed by atoms with Crippen molar-refractivity contribution in [2.24, 2.45) is 0 Å². The van der Waals surface area contributed by atoms with E-state index in [1.807, 2.05) is 79.7 Å². The Labute approximate surface area is 136 Å². The Hall–Kier alpha value is -1.64. The van der Waals surface area contributed by atoms with E-state index in [2.05, 4.69) is 0 Å². The Kier molecular flexibility index (Phi) is 3.62. The third kappa shape index (κ3) is 2.27. The van der Waals surface area contributed by atoms with E-state index in [0.717, 1.165) is 22.2 Å². The van der Waals surface area contributed by atoms with Crippen LogP contribution in [0.1, 0.15) is 15.9 Å². The van der Waals surface area contributed by atoms with Gasteiger partial charge >= 0.3 is 0 Å². The molecule has 1 atom stereocenters. The van der Waals surface area contributed by atoms with Gasteiger partial charge in [0.1, 0.15) is 0 Å². The Morgan fingerprint density at radius 1 is 1.09 bits per heavy atom. The number of carbonyl (C=O) groups is 1. The summed E-state index contributed by atoms with van der Waals surface area (Å²) in [4.78, 5) is 14.9. The van der Waals surface area contributed by atoms with Gasteiger partial charge in [-0.2, -0.15) is 0 Å². The molecule has 0 saturated heterocycles. The first kappa shape index (κ1) is 15.3. The fraction of sp³-hybridized carbons (Fsp3) is 0.235. The molecule has 2 aromatic carbocycles. The molecule has 0 aliphatic carbocycles. The van der Waals surface area contributed by atoms with E-state index in [-0.39, 0.29) is 5.91 Å². The lowest BCUT2D eigenvalue weighted by atomic mass is 10.1. The molecular weight excluding hydrogens is 311 g/mol. The topological polar surface area (TPSA) is 23.6 Å². The summed E-state index contributed by atoms with van der Waals surface area (Å²) < 4.78 is 1.83. The van der Waals surface area contributed by atoms with Gasteiger partial charge in [0, 0.05) is 30.8 Å². The molecule has 1 unspecified atom stereocenters. The van der Waals surface area contributed by atoms with E-state index in [1.54, 1.807) is 0 Å². The molecule has 3 rings (SSSR count). The second kappa shape index (κ2) is 5.22. The average molecular weight is 330 g/mol. The van der Waals surface area contributed by atoms with Crippen LogP contribution in [-0.4, -0.2) is 26.7 Å². The normalized spacial score (nSPS) is 20.2. The lowest BCUT2D eigenvalue weighted by molar-refractivity contribution is 0.101. The highest BCUT2D eigenvalue weighted by molar-refractivity contribution is 8.19. The predicted molar refractivity (Wildman–Crippen MR) is 98.6 cm³/mol. The maximum atomic E-state index is 12.9. The van der Waals surface area contributed by atoms with Crippen LogP contribution in [0.4, 0.5) is 11.4 Å². The molecule has 5 heteroatoms. The standard InChI is InChI=1S/C17H19N2OPS/c1-12-5-7-13(8-6-12)19-17(20)15-11-14(18(2)3)9-10-16(15)21(19,4)22/h5-11H,1-4H3. The van der Waals surface area contributed by atoms with Crippen LogP contribution in [0.3, 0.4) is 0 Å². The van der Waals surface area contributed by atoms with Gasteiger partial charge in [0.25, 0.3) is 5.91 Å². The highest BCUT2D eigenvalue weighted by Gasteiger charge is 2.40. The van der Waals surface area contributed by atoms with E-state index in [1.165, 1.54) is 5.56 Å². The highest BCUT2D eigenvalue weighted by Crippen LogP contribution is 2.54. The monoisotopic (exact) mass is 330 g/mol. The van der Waals surface area contributed by atoms with Crippen LogP contribution in [0.25, 0.3) is 0 Å². The van der Waals surface area contributed by atoms with Crippen LogP contribution in [0, 0.1) is 6.92 Å². The van der Waals surface area contributed by atoms with Gasteiger partial charge in [0.05, 0.1) is 11.8 Å². The van der Waals surface area contributed by atoms with Crippen LogP contribution in [0.15, 0.2) is 42.5 Å². The molecule has 0 fully saturated rings. The molecule has 0 N–H and O–H groups in total. The van der Waals surface area contributed by atoms with Crippen molar-refractivity contribution in [3.05, 3.63) is 53.6 Å². The molecule has 0 aromatic heterocycles. The fourth-order valence-electron chi connectivity index (χ4n) is 2.75. The molecule has 1 aliphatic heterocycles. The molecule has 1 aliphatic rings. The summed E-state index contributed by atoms with van der Waals surface area (Å²) >= 11 is 5.89. The van der Waals surface area contributed by atoms with Crippen molar-refractivity contribution in [1.82, 2.24) is 0 Å². The first-order valence-corrected chi connectivity index (χ1v) is 10.3. The van der Waals surface area contributed by atoms with Crippen molar-refractivity contribution < 1.29 is 4.79 Å². The highest BCUT2D eigenvalue weighted by atomic mass is 32.4. The molecule has 22 heavy (non-hydrogen) atoms.